The largest absolute Gasteiger partial charge is 0.468 e. The highest BCUT2D eigenvalue weighted by Crippen LogP contribution is 2.24. The van der Waals surface area contributed by atoms with Crippen LogP contribution in [-0.4, -0.2) is 50.7 Å². The van der Waals surface area contributed by atoms with Crippen LogP contribution in [0, 0.1) is 0 Å². The number of nitrogens with zero attached hydrogens (tertiary/aromatic N) is 1. The lowest BCUT2D eigenvalue weighted by Crippen LogP contribution is -2.41. The van der Waals surface area contributed by atoms with Crippen LogP contribution >= 0.6 is 11.8 Å². The minimum atomic E-state index is -3.17. The minimum absolute atomic E-state index is 0.0179. The van der Waals surface area contributed by atoms with Crippen molar-refractivity contribution in [2.24, 2.45) is 0 Å². The molecule has 0 aliphatic carbocycles. The molecule has 0 bridgehead atoms. The van der Waals surface area contributed by atoms with Crippen molar-refractivity contribution in [2.45, 2.75) is 6.04 Å². The van der Waals surface area contributed by atoms with Crippen molar-refractivity contribution in [3.63, 3.8) is 0 Å². The number of hydrogen-bond donors (Lipinski definition) is 1. The summed E-state index contributed by atoms with van der Waals surface area (Å²) in [6.45, 7) is 2.28. The van der Waals surface area contributed by atoms with Crippen molar-refractivity contribution < 1.29 is 12.8 Å². The minimum Gasteiger partial charge on any atom is -0.468 e. The molecule has 0 radical (unpaired) electrons. The van der Waals surface area contributed by atoms with Crippen LogP contribution in [0.4, 0.5) is 0 Å². The molecule has 1 saturated heterocycles. The average molecular weight is 290 g/mol. The van der Waals surface area contributed by atoms with Crippen molar-refractivity contribution >= 4 is 21.8 Å². The zero-order chi connectivity index (χ0) is 13.0. The van der Waals surface area contributed by atoms with Gasteiger partial charge in [-0.25, -0.2) is 13.1 Å². The first-order valence-electron chi connectivity index (χ1n) is 5.86. The Kier molecular flexibility index (Phi) is 4.71. The lowest BCUT2D eigenvalue weighted by atomic mass is 10.2. The standard InChI is InChI=1S/C11H18N2O3S2/c1-18(14,15)12-9-10(11-3-2-6-16-11)13-4-7-17-8-5-13/h2-3,6,10,12H,4-5,7-9H2,1H3/t10-/m0/s1. The van der Waals surface area contributed by atoms with Crippen molar-refractivity contribution in [1.29, 1.82) is 0 Å². The Morgan fingerprint density at radius 3 is 2.78 bits per heavy atom. The summed E-state index contributed by atoms with van der Waals surface area (Å²) in [5.41, 5.74) is 0. The van der Waals surface area contributed by atoms with E-state index in [1.54, 1.807) is 6.26 Å². The van der Waals surface area contributed by atoms with Gasteiger partial charge in [-0.1, -0.05) is 0 Å². The van der Waals surface area contributed by atoms with Gasteiger partial charge in [-0.05, 0) is 12.1 Å². The van der Waals surface area contributed by atoms with Gasteiger partial charge in [0.25, 0.3) is 0 Å². The molecule has 18 heavy (non-hydrogen) atoms. The molecule has 1 atom stereocenters. The van der Waals surface area contributed by atoms with Crippen LogP contribution in [0.3, 0.4) is 0 Å². The molecule has 1 aliphatic rings. The Morgan fingerprint density at radius 2 is 2.22 bits per heavy atom. The first kappa shape index (κ1) is 13.9. The van der Waals surface area contributed by atoms with Gasteiger partial charge in [0, 0.05) is 31.1 Å². The molecule has 1 N–H and O–H groups in total. The summed E-state index contributed by atoms with van der Waals surface area (Å²) in [6.07, 6.45) is 2.81. The Morgan fingerprint density at radius 1 is 1.50 bits per heavy atom. The molecule has 7 heteroatoms. The van der Waals surface area contributed by atoms with E-state index in [1.807, 2.05) is 23.9 Å². The molecule has 0 amide bonds. The predicted octanol–water partition coefficient (Wildman–Crippen LogP) is 0.919. The summed E-state index contributed by atoms with van der Waals surface area (Å²) in [5, 5.41) is 0. The van der Waals surface area contributed by atoms with Gasteiger partial charge in [-0.2, -0.15) is 11.8 Å². The van der Waals surface area contributed by atoms with Crippen LogP contribution in [0.2, 0.25) is 0 Å². The van der Waals surface area contributed by atoms with E-state index in [1.165, 1.54) is 6.26 Å². The molecule has 2 rings (SSSR count). The monoisotopic (exact) mass is 290 g/mol. The fourth-order valence-electron chi connectivity index (χ4n) is 2.01. The second-order valence-corrected chi connectivity index (χ2v) is 7.36. The van der Waals surface area contributed by atoms with Crippen LogP contribution < -0.4 is 4.72 Å². The predicted molar refractivity (Wildman–Crippen MR) is 73.2 cm³/mol. The van der Waals surface area contributed by atoms with Gasteiger partial charge < -0.3 is 4.42 Å². The number of sulfonamides is 1. The first-order chi connectivity index (χ1) is 8.56. The number of thioether (sulfide) groups is 1. The van der Waals surface area contributed by atoms with Crippen LogP contribution in [0.1, 0.15) is 11.8 Å². The average Bonchev–Trinajstić information content (AvgIpc) is 2.83. The third kappa shape index (κ3) is 4.01. The first-order valence-corrected chi connectivity index (χ1v) is 8.91. The zero-order valence-electron chi connectivity index (χ0n) is 10.3. The summed E-state index contributed by atoms with van der Waals surface area (Å²) in [4.78, 5) is 2.27. The highest BCUT2D eigenvalue weighted by atomic mass is 32.2. The molecule has 5 nitrogen and oxygen atoms in total. The van der Waals surface area contributed by atoms with E-state index in [2.05, 4.69) is 9.62 Å². The molecule has 1 fully saturated rings. The van der Waals surface area contributed by atoms with Crippen molar-refractivity contribution in [3.05, 3.63) is 24.2 Å². The lowest BCUT2D eigenvalue weighted by molar-refractivity contribution is 0.193. The zero-order valence-corrected chi connectivity index (χ0v) is 12.0. The van der Waals surface area contributed by atoms with Crippen molar-refractivity contribution in [2.75, 3.05) is 37.4 Å². The van der Waals surface area contributed by atoms with Gasteiger partial charge in [0.15, 0.2) is 0 Å². The summed E-state index contributed by atoms with van der Waals surface area (Å²) >= 11 is 1.93. The Bertz CT molecular complexity index is 453. The molecule has 0 spiro atoms. The SMILES string of the molecule is CS(=O)(=O)NC[C@@H](c1ccco1)N1CCSCC1. The van der Waals surface area contributed by atoms with E-state index < -0.39 is 10.0 Å². The van der Waals surface area contributed by atoms with E-state index in [0.717, 1.165) is 30.4 Å². The second kappa shape index (κ2) is 6.10. The molecule has 102 valence electrons. The highest BCUT2D eigenvalue weighted by Gasteiger charge is 2.25. The highest BCUT2D eigenvalue weighted by molar-refractivity contribution is 7.99. The van der Waals surface area contributed by atoms with Gasteiger partial charge in [0.1, 0.15) is 5.76 Å². The smallest absolute Gasteiger partial charge is 0.208 e. The molecule has 0 unspecified atom stereocenters. The van der Waals surface area contributed by atoms with Gasteiger partial charge in [-0.3, -0.25) is 4.90 Å². The Hall–Kier alpha value is -0.500. The number of nitrogens with one attached hydrogen (secondary N) is 1. The summed E-state index contributed by atoms with van der Waals surface area (Å²) in [7, 11) is -3.17. The third-order valence-electron chi connectivity index (χ3n) is 2.90. The second-order valence-electron chi connectivity index (χ2n) is 4.30. The van der Waals surface area contributed by atoms with Crippen LogP contribution in [0.15, 0.2) is 22.8 Å². The summed E-state index contributed by atoms with van der Waals surface area (Å²) in [6, 6.07) is 3.72. The molecule has 1 aliphatic heterocycles. The Labute approximate surface area is 112 Å². The van der Waals surface area contributed by atoms with Gasteiger partial charge in [0.2, 0.25) is 10.0 Å². The molecule has 0 saturated carbocycles. The lowest BCUT2D eigenvalue weighted by Gasteiger charge is -2.33. The van der Waals surface area contributed by atoms with Crippen molar-refractivity contribution in [1.82, 2.24) is 9.62 Å². The number of hydrogen-bond acceptors (Lipinski definition) is 5. The summed E-state index contributed by atoms with van der Waals surface area (Å²) < 4.78 is 30.4. The number of rotatable bonds is 5. The molecule has 1 aromatic rings. The van der Waals surface area contributed by atoms with E-state index in [-0.39, 0.29) is 6.04 Å². The van der Waals surface area contributed by atoms with Crippen molar-refractivity contribution in [3.8, 4) is 0 Å². The topological polar surface area (TPSA) is 62.6 Å². The van der Waals surface area contributed by atoms with E-state index in [9.17, 15) is 8.42 Å². The number of furan rings is 1. The normalized spacial score (nSPS) is 19.8. The third-order valence-corrected chi connectivity index (χ3v) is 4.53. The maximum Gasteiger partial charge on any atom is 0.208 e. The van der Waals surface area contributed by atoms with Crippen LogP contribution in [0.25, 0.3) is 0 Å². The van der Waals surface area contributed by atoms with Gasteiger partial charge >= 0.3 is 0 Å². The van der Waals surface area contributed by atoms with Gasteiger partial charge in [0.05, 0.1) is 18.6 Å². The van der Waals surface area contributed by atoms with Crippen LogP contribution in [0.5, 0.6) is 0 Å². The van der Waals surface area contributed by atoms with E-state index in [0.29, 0.717) is 6.54 Å². The molecule has 1 aromatic heterocycles. The maximum absolute atomic E-state index is 11.2. The van der Waals surface area contributed by atoms with Gasteiger partial charge in [-0.15, -0.1) is 0 Å². The Balaban J connectivity index is 2.07. The fourth-order valence-corrected chi connectivity index (χ4v) is 3.40. The molecular formula is C11H18N2O3S2. The molecule has 0 aromatic carbocycles. The fraction of sp³-hybridized carbons (Fsp3) is 0.636. The van der Waals surface area contributed by atoms with Crippen LogP contribution in [-0.2, 0) is 10.0 Å². The molecule has 2 heterocycles. The van der Waals surface area contributed by atoms with E-state index >= 15 is 0 Å². The maximum atomic E-state index is 11.2. The quantitative estimate of drug-likeness (QED) is 0.873. The van der Waals surface area contributed by atoms with E-state index in [4.69, 9.17) is 4.42 Å². The molecular weight excluding hydrogens is 272 g/mol. The summed E-state index contributed by atoms with van der Waals surface area (Å²) in [5.74, 6) is 2.98.